The maximum Gasteiger partial charge on any atom is 0.316 e. The van der Waals surface area contributed by atoms with Crippen molar-refractivity contribution in [2.24, 2.45) is 5.92 Å². The molecule has 1 saturated heterocycles. The summed E-state index contributed by atoms with van der Waals surface area (Å²) in [5, 5.41) is 8.70. The normalized spacial score (nSPS) is 23.2. The average Bonchev–Trinajstić information content (AvgIpc) is 2.29. The van der Waals surface area contributed by atoms with Crippen molar-refractivity contribution in [3.63, 3.8) is 0 Å². The van der Waals surface area contributed by atoms with Crippen LogP contribution in [0.2, 0.25) is 0 Å². The molecule has 0 bridgehead atoms. The van der Waals surface area contributed by atoms with E-state index in [0.717, 1.165) is 32.0 Å². The van der Waals surface area contributed by atoms with Crippen LogP contribution in [0.1, 0.15) is 27.2 Å². The Kier molecular flexibility index (Phi) is 7.04. The molecule has 0 amide bonds. The van der Waals surface area contributed by atoms with Gasteiger partial charge in [0.25, 0.3) is 0 Å². The number of carboxylic acid groups (broad SMARTS) is 1. The molecule has 1 rings (SSSR count). The largest absolute Gasteiger partial charge is 0.480 e. The molecule has 0 aromatic rings. The van der Waals surface area contributed by atoms with E-state index in [1.165, 1.54) is 11.8 Å². The van der Waals surface area contributed by atoms with Crippen LogP contribution >= 0.6 is 11.8 Å². The van der Waals surface area contributed by atoms with E-state index in [9.17, 15) is 4.79 Å². The van der Waals surface area contributed by atoms with Crippen LogP contribution in [-0.2, 0) is 9.53 Å². The van der Waals surface area contributed by atoms with Crippen LogP contribution in [0.4, 0.5) is 0 Å². The molecule has 4 nitrogen and oxygen atoms in total. The standard InChI is InChI=1S/C13H25NO3S/c1-4-12(13(15)16)18-9-11-8-14(5-6-17-11)7-10(2)3/h10-12H,4-9H2,1-3H3,(H,15,16). The highest BCUT2D eigenvalue weighted by Crippen LogP contribution is 2.19. The molecule has 5 heteroatoms. The molecule has 1 aliphatic rings. The van der Waals surface area contributed by atoms with Crippen LogP contribution in [0.25, 0.3) is 0 Å². The van der Waals surface area contributed by atoms with E-state index < -0.39 is 5.97 Å². The number of rotatable bonds is 7. The molecule has 0 aromatic heterocycles. The summed E-state index contributed by atoms with van der Waals surface area (Å²) >= 11 is 1.51. The van der Waals surface area contributed by atoms with Gasteiger partial charge in [0.2, 0.25) is 0 Å². The molecule has 2 atom stereocenters. The Bertz CT molecular complexity index is 261. The van der Waals surface area contributed by atoms with Crippen molar-refractivity contribution in [3.8, 4) is 0 Å². The highest BCUT2D eigenvalue weighted by atomic mass is 32.2. The highest BCUT2D eigenvalue weighted by molar-refractivity contribution is 8.00. The predicted octanol–water partition coefficient (Wildman–Crippen LogP) is 1.94. The van der Waals surface area contributed by atoms with Gasteiger partial charge in [-0.1, -0.05) is 20.8 Å². The van der Waals surface area contributed by atoms with Gasteiger partial charge < -0.3 is 9.84 Å². The summed E-state index contributed by atoms with van der Waals surface area (Å²) < 4.78 is 5.71. The first-order valence-corrected chi connectivity index (χ1v) is 7.76. The van der Waals surface area contributed by atoms with Crippen LogP contribution in [0.5, 0.6) is 0 Å². The lowest BCUT2D eigenvalue weighted by Crippen LogP contribution is -2.45. The van der Waals surface area contributed by atoms with Gasteiger partial charge in [-0.2, -0.15) is 0 Å². The first-order valence-electron chi connectivity index (χ1n) is 6.71. The molecule has 0 aliphatic carbocycles. The van der Waals surface area contributed by atoms with Gasteiger partial charge in [0.1, 0.15) is 5.25 Å². The molecule has 0 aromatic carbocycles. The third-order valence-corrected chi connectivity index (χ3v) is 4.48. The van der Waals surface area contributed by atoms with Gasteiger partial charge in [0.15, 0.2) is 0 Å². The smallest absolute Gasteiger partial charge is 0.316 e. The third-order valence-electron chi connectivity index (χ3n) is 2.98. The molecule has 1 fully saturated rings. The molecular formula is C13H25NO3S. The van der Waals surface area contributed by atoms with Crippen molar-refractivity contribution >= 4 is 17.7 Å². The SMILES string of the molecule is CCC(SCC1CN(CC(C)C)CCO1)C(=O)O. The van der Waals surface area contributed by atoms with E-state index >= 15 is 0 Å². The zero-order valence-electron chi connectivity index (χ0n) is 11.6. The maximum atomic E-state index is 10.9. The van der Waals surface area contributed by atoms with Gasteiger partial charge in [0.05, 0.1) is 12.7 Å². The zero-order valence-corrected chi connectivity index (χ0v) is 12.4. The van der Waals surface area contributed by atoms with Gasteiger partial charge in [-0.15, -0.1) is 11.8 Å². The second kappa shape index (κ2) is 8.02. The van der Waals surface area contributed by atoms with Gasteiger partial charge in [-0.3, -0.25) is 9.69 Å². The number of thioether (sulfide) groups is 1. The van der Waals surface area contributed by atoms with Gasteiger partial charge in [-0.05, 0) is 12.3 Å². The fraction of sp³-hybridized carbons (Fsp3) is 0.923. The van der Waals surface area contributed by atoms with Crippen LogP contribution < -0.4 is 0 Å². The summed E-state index contributed by atoms with van der Waals surface area (Å²) in [5.41, 5.74) is 0. The molecular weight excluding hydrogens is 250 g/mol. The molecule has 1 N–H and O–H groups in total. The minimum Gasteiger partial charge on any atom is -0.480 e. The highest BCUT2D eigenvalue weighted by Gasteiger charge is 2.23. The first kappa shape index (κ1) is 15.8. The number of carbonyl (C=O) groups is 1. The number of hydrogen-bond donors (Lipinski definition) is 1. The molecule has 18 heavy (non-hydrogen) atoms. The molecule has 0 radical (unpaired) electrons. The number of nitrogens with zero attached hydrogens (tertiary/aromatic N) is 1. The maximum absolute atomic E-state index is 10.9. The number of hydrogen-bond acceptors (Lipinski definition) is 4. The minimum atomic E-state index is -0.711. The fourth-order valence-corrected chi connectivity index (χ4v) is 3.18. The lowest BCUT2D eigenvalue weighted by Gasteiger charge is -2.34. The molecule has 106 valence electrons. The number of ether oxygens (including phenoxy) is 1. The van der Waals surface area contributed by atoms with Gasteiger partial charge in [0, 0.05) is 25.4 Å². The summed E-state index contributed by atoms with van der Waals surface area (Å²) in [6, 6.07) is 0. The Hall–Kier alpha value is -0.260. The van der Waals surface area contributed by atoms with Gasteiger partial charge >= 0.3 is 5.97 Å². The molecule has 1 heterocycles. The molecule has 0 spiro atoms. The fourth-order valence-electron chi connectivity index (χ4n) is 2.15. The van der Waals surface area contributed by atoms with E-state index in [0.29, 0.717) is 12.3 Å². The number of carboxylic acids is 1. The summed E-state index contributed by atoms with van der Waals surface area (Å²) in [6.45, 7) is 10.1. The average molecular weight is 275 g/mol. The van der Waals surface area contributed by atoms with Crippen LogP contribution in [-0.4, -0.2) is 59.3 Å². The van der Waals surface area contributed by atoms with Crippen LogP contribution in [0.3, 0.4) is 0 Å². The summed E-state index contributed by atoms with van der Waals surface area (Å²) in [7, 11) is 0. The molecule has 1 aliphatic heterocycles. The van der Waals surface area contributed by atoms with E-state index in [4.69, 9.17) is 9.84 Å². The van der Waals surface area contributed by atoms with E-state index in [-0.39, 0.29) is 11.4 Å². The van der Waals surface area contributed by atoms with Crippen LogP contribution in [0.15, 0.2) is 0 Å². The molecule has 2 unspecified atom stereocenters. The van der Waals surface area contributed by atoms with Crippen molar-refractivity contribution < 1.29 is 14.6 Å². The lowest BCUT2D eigenvalue weighted by atomic mass is 10.2. The minimum absolute atomic E-state index is 0.177. The topological polar surface area (TPSA) is 49.8 Å². The Labute approximate surface area is 114 Å². The number of morpholine rings is 1. The lowest BCUT2D eigenvalue weighted by molar-refractivity contribution is -0.136. The van der Waals surface area contributed by atoms with E-state index in [1.54, 1.807) is 0 Å². The van der Waals surface area contributed by atoms with Crippen molar-refractivity contribution in [2.75, 3.05) is 32.0 Å². The number of aliphatic carboxylic acids is 1. The Morgan fingerprint density at radius 2 is 2.28 bits per heavy atom. The first-order chi connectivity index (χ1) is 8.52. The monoisotopic (exact) mass is 275 g/mol. The molecule has 0 saturated carbocycles. The second-order valence-corrected chi connectivity index (χ2v) is 6.45. The van der Waals surface area contributed by atoms with E-state index in [2.05, 4.69) is 18.7 Å². The van der Waals surface area contributed by atoms with Crippen molar-refractivity contribution in [3.05, 3.63) is 0 Å². The van der Waals surface area contributed by atoms with Crippen molar-refractivity contribution in [2.45, 2.75) is 38.5 Å². The van der Waals surface area contributed by atoms with Crippen molar-refractivity contribution in [1.29, 1.82) is 0 Å². The Morgan fingerprint density at radius 1 is 1.56 bits per heavy atom. The summed E-state index contributed by atoms with van der Waals surface area (Å²) in [4.78, 5) is 13.4. The Morgan fingerprint density at radius 3 is 2.83 bits per heavy atom. The quantitative estimate of drug-likeness (QED) is 0.769. The zero-order chi connectivity index (χ0) is 13.5. The third kappa shape index (κ3) is 5.59. The Balaban J connectivity index is 2.31. The van der Waals surface area contributed by atoms with Crippen LogP contribution in [0, 0.1) is 5.92 Å². The second-order valence-electron chi connectivity index (χ2n) is 5.21. The van der Waals surface area contributed by atoms with E-state index in [1.807, 2.05) is 6.92 Å². The summed E-state index contributed by atoms with van der Waals surface area (Å²) in [5.74, 6) is 0.732. The van der Waals surface area contributed by atoms with Crippen molar-refractivity contribution in [1.82, 2.24) is 4.90 Å². The van der Waals surface area contributed by atoms with Gasteiger partial charge in [-0.25, -0.2) is 0 Å². The summed E-state index contributed by atoms with van der Waals surface area (Å²) in [6.07, 6.45) is 0.846. The predicted molar refractivity (Wildman–Crippen MR) is 75.2 cm³/mol.